The van der Waals surface area contributed by atoms with Crippen LogP contribution in [0.25, 0.3) is 0 Å². The first-order valence-electron chi connectivity index (χ1n) is 8.57. The zero-order valence-corrected chi connectivity index (χ0v) is 19.0. The number of nitrogens with one attached hydrogen (secondary N) is 1. The fraction of sp³-hybridized carbons (Fsp3) is 0.706. The van der Waals surface area contributed by atoms with Crippen molar-refractivity contribution < 1.29 is 23.8 Å². The van der Waals surface area contributed by atoms with E-state index in [1.807, 2.05) is 19.0 Å². The van der Waals surface area contributed by atoms with E-state index in [0.717, 1.165) is 0 Å². The summed E-state index contributed by atoms with van der Waals surface area (Å²) in [7, 11) is 3.83. The second-order valence-corrected chi connectivity index (χ2v) is 8.68. The number of halogens is 1. The molecule has 0 radical (unpaired) electrons. The molecule has 0 aliphatic heterocycles. The Morgan fingerprint density at radius 3 is 2.52 bits per heavy atom. The van der Waals surface area contributed by atoms with Gasteiger partial charge in [-0.3, -0.25) is 0 Å². The average Bonchev–Trinajstić information content (AvgIpc) is 2.94. The Morgan fingerprint density at radius 2 is 2.04 bits per heavy atom. The molecule has 1 rings (SSSR count). The predicted octanol–water partition coefficient (Wildman–Crippen LogP) is 2.98. The highest BCUT2D eigenvalue weighted by Crippen LogP contribution is 2.28. The van der Waals surface area contributed by atoms with Gasteiger partial charge in [0.15, 0.2) is 6.04 Å². The van der Waals surface area contributed by atoms with E-state index in [2.05, 4.69) is 26.2 Å². The summed E-state index contributed by atoms with van der Waals surface area (Å²) in [6.07, 6.45) is -1.52. The Balaban J connectivity index is 3.07. The van der Waals surface area contributed by atoms with E-state index in [4.69, 9.17) is 14.2 Å². The van der Waals surface area contributed by atoms with Crippen molar-refractivity contribution in [2.45, 2.75) is 45.4 Å². The number of amides is 1. The number of nitrogens with zero attached hydrogens (tertiary/aromatic N) is 2. The molecule has 154 valence electrons. The number of aromatic nitrogens is 1. The molecule has 1 aromatic heterocycles. The lowest BCUT2D eigenvalue weighted by atomic mass is 10.1. The summed E-state index contributed by atoms with van der Waals surface area (Å²) in [5.74, 6) is -0.607. The van der Waals surface area contributed by atoms with Crippen molar-refractivity contribution in [3.8, 4) is 0 Å². The quantitative estimate of drug-likeness (QED) is 0.560. The molecule has 1 aromatic rings. The van der Waals surface area contributed by atoms with Crippen LogP contribution >= 0.6 is 27.3 Å². The number of thiazole rings is 1. The molecule has 10 heteroatoms. The normalized spacial score (nSPS) is 13.9. The van der Waals surface area contributed by atoms with Gasteiger partial charge in [-0.25, -0.2) is 14.6 Å². The van der Waals surface area contributed by atoms with Crippen molar-refractivity contribution in [1.82, 2.24) is 15.2 Å². The topological polar surface area (TPSA) is 90.0 Å². The molecule has 0 aromatic carbocycles. The van der Waals surface area contributed by atoms with Crippen molar-refractivity contribution in [3.63, 3.8) is 0 Å². The maximum absolute atomic E-state index is 12.5. The van der Waals surface area contributed by atoms with Gasteiger partial charge in [-0.15, -0.1) is 11.3 Å². The summed E-state index contributed by atoms with van der Waals surface area (Å²) in [6.45, 7) is 8.10. The van der Waals surface area contributed by atoms with Crippen molar-refractivity contribution in [1.29, 1.82) is 0 Å². The first-order chi connectivity index (χ1) is 12.5. The van der Waals surface area contributed by atoms with Crippen LogP contribution in [0.3, 0.4) is 0 Å². The lowest BCUT2D eigenvalue weighted by Gasteiger charge is -2.27. The number of alkyl carbamates (subject to hydrolysis) is 1. The third kappa shape index (κ3) is 9.00. The highest BCUT2D eigenvalue weighted by molar-refractivity contribution is 9.10. The summed E-state index contributed by atoms with van der Waals surface area (Å²) in [4.78, 5) is 31.1. The van der Waals surface area contributed by atoms with E-state index in [0.29, 0.717) is 22.8 Å². The van der Waals surface area contributed by atoms with E-state index < -0.39 is 29.8 Å². The highest BCUT2D eigenvalue weighted by Gasteiger charge is 2.36. The van der Waals surface area contributed by atoms with E-state index in [9.17, 15) is 9.59 Å². The molecule has 2 atom stereocenters. The largest absolute Gasteiger partial charge is 0.464 e. The van der Waals surface area contributed by atoms with Crippen molar-refractivity contribution in [2.24, 2.45) is 0 Å². The molecule has 8 nitrogen and oxygen atoms in total. The van der Waals surface area contributed by atoms with Crippen LogP contribution in [0.4, 0.5) is 4.79 Å². The monoisotopic (exact) mass is 465 g/mol. The van der Waals surface area contributed by atoms with E-state index in [1.165, 1.54) is 11.3 Å². The van der Waals surface area contributed by atoms with E-state index >= 15 is 0 Å². The molecule has 0 saturated carbocycles. The Hall–Kier alpha value is -1.23. The van der Waals surface area contributed by atoms with E-state index in [1.54, 1.807) is 33.1 Å². The van der Waals surface area contributed by atoms with E-state index in [-0.39, 0.29) is 6.61 Å². The number of hydrogen-bond donors (Lipinski definition) is 1. The first-order valence-corrected chi connectivity index (χ1v) is 10.2. The summed E-state index contributed by atoms with van der Waals surface area (Å²) >= 11 is 4.63. The molecule has 0 unspecified atom stereocenters. The van der Waals surface area contributed by atoms with Gasteiger partial charge in [0.1, 0.15) is 21.3 Å². The second kappa shape index (κ2) is 10.9. The fourth-order valence-electron chi connectivity index (χ4n) is 1.99. The zero-order valence-electron chi connectivity index (χ0n) is 16.6. The molecule has 1 N–H and O–H groups in total. The Bertz CT molecular complexity index is 618. The number of carbonyl (C=O) groups excluding carboxylic acids is 2. The number of carbonyl (C=O) groups is 2. The van der Waals surface area contributed by atoms with Crippen LogP contribution in [0.5, 0.6) is 0 Å². The van der Waals surface area contributed by atoms with Gasteiger partial charge in [-0.2, -0.15) is 0 Å². The summed E-state index contributed by atoms with van der Waals surface area (Å²) < 4.78 is 17.0. The molecule has 1 heterocycles. The van der Waals surface area contributed by atoms with Gasteiger partial charge in [0, 0.05) is 11.9 Å². The number of likely N-dealkylation sites (N-methyl/N-ethyl adjacent to an activating group) is 1. The molecule has 27 heavy (non-hydrogen) atoms. The second-order valence-electron chi connectivity index (χ2n) is 6.98. The van der Waals surface area contributed by atoms with Gasteiger partial charge >= 0.3 is 12.1 Å². The average molecular weight is 466 g/mol. The minimum Gasteiger partial charge on any atom is -0.464 e. The zero-order chi connectivity index (χ0) is 20.6. The van der Waals surface area contributed by atoms with Gasteiger partial charge in [-0.1, -0.05) is 0 Å². The highest BCUT2D eigenvalue weighted by atomic mass is 79.9. The smallest absolute Gasteiger partial charge is 0.408 e. The Labute approximate surface area is 172 Å². The number of hydrogen-bond acceptors (Lipinski definition) is 8. The SMILES string of the molecule is CCOC(=O)[C@@H](NC(=O)OC(C)(C)C)[C@H](OCCN(C)C)c1nc(Br)cs1. The van der Waals surface area contributed by atoms with Gasteiger partial charge < -0.3 is 24.4 Å². The maximum atomic E-state index is 12.5. The molecule has 0 aliphatic rings. The molecular weight excluding hydrogens is 438 g/mol. The lowest BCUT2D eigenvalue weighted by Crippen LogP contribution is -2.48. The molecule has 0 fully saturated rings. The van der Waals surface area contributed by atoms with Gasteiger partial charge in [0.25, 0.3) is 0 Å². The number of esters is 1. The summed E-state index contributed by atoms with van der Waals surface area (Å²) in [6, 6.07) is -1.08. The van der Waals surface area contributed by atoms with Crippen LogP contribution in [0.2, 0.25) is 0 Å². The van der Waals surface area contributed by atoms with Crippen molar-refractivity contribution in [2.75, 3.05) is 33.9 Å². The first kappa shape index (κ1) is 23.8. The van der Waals surface area contributed by atoms with Gasteiger partial charge in [0.05, 0.1) is 13.2 Å². The van der Waals surface area contributed by atoms with Gasteiger partial charge in [-0.05, 0) is 57.7 Å². The molecule has 0 bridgehead atoms. The lowest BCUT2D eigenvalue weighted by molar-refractivity contribution is -0.150. The molecule has 0 saturated heterocycles. The molecule has 0 aliphatic carbocycles. The molecule has 0 spiro atoms. The van der Waals surface area contributed by atoms with Crippen LogP contribution in [0.15, 0.2) is 9.98 Å². The number of ether oxygens (including phenoxy) is 3. The third-order valence-corrected chi connectivity index (χ3v) is 4.70. The standard InChI is InChI=1S/C17H28BrN3O5S/c1-7-24-15(22)12(20-16(23)26-17(2,3)4)13(25-9-8-21(5)6)14-19-11(18)10-27-14/h10,12-13H,7-9H2,1-6H3,(H,20,23)/t12-,13-/m0/s1. The summed E-state index contributed by atoms with van der Waals surface area (Å²) in [5.41, 5.74) is -0.700. The van der Waals surface area contributed by atoms with Crippen LogP contribution in [-0.2, 0) is 19.0 Å². The predicted molar refractivity (Wildman–Crippen MR) is 107 cm³/mol. The Kier molecular flexibility index (Phi) is 9.65. The van der Waals surface area contributed by atoms with Crippen LogP contribution in [0, 0.1) is 0 Å². The fourth-order valence-corrected chi connectivity index (χ4v) is 3.34. The van der Waals surface area contributed by atoms with Crippen LogP contribution < -0.4 is 5.32 Å². The van der Waals surface area contributed by atoms with Crippen LogP contribution in [0.1, 0.15) is 38.8 Å². The minimum atomic E-state index is -1.08. The van der Waals surface area contributed by atoms with Crippen LogP contribution in [-0.4, -0.2) is 67.4 Å². The third-order valence-electron chi connectivity index (χ3n) is 3.09. The molecular formula is C17H28BrN3O5S. The van der Waals surface area contributed by atoms with Gasteiger partial charge in [0.2, 0.25) is 0 Å². The number of rotatable bonds is 9. The van der Waals surface area contributed by atoms with Crippen molar-refractivity contribution in [3.05, 3.63) is 15.0 Å². The summed E-state index contributed by atoms with van der Waals surface area (Å²) in [5, 5.41) is 4.92. The van der Waals surface area contributed by atoms with Crippen molar-refractivity contribution >= 4 is 39.3 Å². The minimum absolute atomic E-state index is 0.178. The molecule has 1 amide bonds. The maximum Gasteiger partial charge on any atom is 0.408 e. The Morgan fingerprint density at radius 1 is 1.37 bits per heavy atom.